The van der Waals surface area contributed by atoms with E-state index in [0.29, 0.717) is 16.6 Å². The van der Waals surface area contributed by atoms with Crippen LogP contribution in [0.5, 0.6) is 0 Å². The van der Waals surface area contributed by atoms with E-state index in [2.05, 4.69) is 9.97 Å². The molecule has 3 rings (SSSR count). The Morgan fingerprint density at radius 2 is 2.30 bits per heavy atom. The molecule has 0 radical (unpaired) electrons. The lowest BCUT2D eigenvalue weighted by molar-refractivity contribution is -0.118. The van der Waals surface area contributed by atoms with Crippen molar-refractivity contribution in [2.45, 2.75) is 37.9 Å². The molecule has 0 unspecified atom stereocenters. The van der Waals surface area contributed by atoms with Gasteiger partial charge >= 0.3 is 0 Å². The standard InChI is InChI=1S/C14H20N4O5/c1-6-4-18(10-8(6)11(21)17-13(15)16-10)12-14(2,22-3)9(20)7(5-19)23-12/h4,7,9,12,19-20H,5H2,1-3H3,(H3,15,16,17,21)/t7-,9-,12-,14-/m1/s1. The zero-order chi connectivity index (χ0) is 16.9. The minimum absolute atomic E-state index is 0.0155. The van der Waals surface area contributed by atoms with Crippen molar-refractivity contribution in [3.63, 3.8) is 0 Å². The summed E-state index contributed by atoms with van der Waals surface area (Å²) in [5.74, 6) is -0.0155. The minimum Gasteiger partial charge on any atom is -0.394 e. The number of nitrogens with one attached hydrogen (secondary N) is 1. The summed E-state index contributed by atoms with van der Waals surface area (Å²) in [5.41, 5.74) is 5.20. The van der Waals surface area contributed by atoms with Crippen LogP contribution in [0, 0.1) is 6.92 Å². The predicted molar refractivity (Wildman–Crippen MR) is 81.9 cm³/mol. The van der Waals surface area contributed by atoms with Crippen LogP contribution in [-0.4, -0.2) is 56.3 Å². The molecule has 3 heterocycles. The maximum Gasteiger partial charge on any atom is 0.262 e. The second kappa shape index (κ2) is 5.31. The average molecular weight is 324 g/mol. The average Bonchev–Trinajstić information content (AvgIpc) is 2.95. The molecule has 5 N–H and O–H groups in total. The minimum atomic E-state index is -1.12. The second-order valence-corrected chi connectivity index (χ2v) is 5.91. The number of aliphatic hydroxyl groups excluding tert-OH is 2. The molecule has 0 saturated carbocycles. The fourth-order valence-electron chi connectivity index (χ4n) is 3.13. The summed E-state index contributed by atoms with van der Waals surface area (Å²) >= 11 is 0. The van der Waals surface area contributed by atoms with Crippen molar-refractivity contribution in [1.82, 2.24) is 14.5 Å². The van der Waals surface area contributed by atoms with Gasteiger partial charge in [-0.3, -0.25) is 9.78 Å². The number of H-pyrrole nitrogens is 1. The molecule has 1 aliphatic rings. The van der Waals surface area contributed by atoms with Gasteiger partial charge in [0.1, 0.15) is 17.8 Å². The lowest BCUT2D eigenvalue weighted by atomic mass is 9.96. The zero-order valence-electron chi connectivity index (χ0n) is 13.1. The summed E-state index contributed by atoms with van der Waals surface area (Å²) in [5, 5.41) is 20.2. The van der Waals surface area contributed by atoms with Crippen LogP contribution < -0.4 is 11.3 Å². The van der Waals surface area contributed by atoms with Gasteiger partial charge in [-0.1, -0.05) is 0 Å². The number of nitrogens with two attached hydrogens (primary N) is 1. The molecule has 2 aromatic heterocycles. The number of fused-ring (bicyclic) bond motifs is 1. The van der Waals surface area contributed by atoms with Gasteiger partial charge in [-0.2, -0.15) is 4.98 Å². The van der Waals surface area contributed by atoms with E-state index < -0.39 is 24.0 Å². The number of aromatic amines is 1. The van der Waals surface area contributed by atoms with Crippen LogP contribution in [0.3, 0.4) is 0 Å². The number of aromatic nitrogens is 3. The summed E-state index contributed by atoms with van der Waals surface area (Å²) in [4.78, 5) is 18.8. The number of rotatable bonds is 3. The van der Waals surface area contributed by atoms with Crippen LogP contribution >= 0.6 is 0 Å². The second-order valence-electron chi connectivity index (χ2n) is 5.91. The number of methoxy groups -OCH3 is 1. The van der Waals surface area contributed by atoms with E-state index in [0.717, 1.165) is 0 Å². The Bertz CT molecular complexity index is 800. The lowest BCUT2D eigenvalue weighted by Crippen LogP contribution is -2.46. The third-order valence-corrected chi connectivity index (χ3v) is 4.50. The first-order valence-electron chi connectivity index (χ1n) is 7.20. The molecular formula is C14H20N4O5. The number of nitrogens with zero attached hydrogens (tertiary/aromatic N) is 2. The van der Waals surface area contributed by atoms with Gasteiger partial charge in [0.25, 0.3) is 5.56 Å². The predicted octanol–water partition coefficient (Wildman–Crippen LogP) is -0.729. The number of hydrogen-bond donors (Lipinski definition) is 4. The number of anilines is 1. The van der Waals surface area contributed by atoms with Gasteiger partial charge < -0.3 is 30.0 Å². The molecule has 0 spiro atoms. The summed E-state index contributed by atoms with van der Waals surface area (Å²) in [6.07, 6.45) is -0.924. The maximum absolute atomic E-state index is 12.1. The van der Waals surface area contributed by atoms with Crippen molar-refractivity contribution in [3.8, 4) is 0 Å². The molecule has 0 aromatic carbocycles. The first kappa shape index (κ1) is 15.9. The highest BCUT2D eigenvalue weighted by Gasteiger charge is 2.54. The fraction of sp³-hybridized carbons (Fsp3) is 0.571. The van der Waals surface area contributed by atoms with Gasteiger partial charge in [-0.25, -0.2) is 0 Å². The van der Waals surface area contributed by atoms with E-state index >= 15 is 0 Å². The van der Waals surface area contributed by atoms with E-state index in [-0.39, 0.29) is 18.1 Å². The van der Waals surface area contributed by atoms with Crippen LogP contribution in [0.1, 0.15) is 18.7 Å². The molecule has 9 heteroatoms. The molecule has 0 aliphatic carbocycles. The van der Waals surface area contributed by atoms with Crippen molar-refractivity contribution < 1.29 is 19.7 Å². The molecule has 126 valence electrons. The fourth-order valence-corrected chi connectivity index (χ4v) is 3.13. The number of nitrogen functional groups attached to an aromatic ring is 1. The van der Waals surface area contributed by atoms with Crippen LogP contribution in [0.15, 0.2) is 11.0 Å². The molecule has 2 aromatic rings. The van der Waals surface area contributed by atoms with Crippen LogP contribution in [0.25, 0.3) is 11.0 Å². The van der Waals surface area contributed by atoms with Gasteiger partial charge in [0.05, 0.1) is 12.0 Å². The molecule has 23 heavy (non-hydrogen) atoms. The van der Waals surface area contributed by atoms with Gasteiger partial charge in [0, 0.05) is 13.3 Å². The summed E-state index contributed by atoms with van der Waals surface area (Å²) in [6.45, 7) is 3.09. The number of hydrogen-bond acceptors (Lipinski definition) is 7. The Morgan fingerprint density at radius 1 is 1.61 bits per heavy atom. The molecule has 0 bridgehead atoms. The number of ether oxygens (including phenoxy) is 2. The Balaban J connectivity index is 2.22. The summed E-state index contributed by atoms with van der Waals surface area (Å²) in [6, 6.07) is 0. The molecule has 9 nitrogen and oxygen atoms in total. The molecule has 1 fully saturated rings. The van der Waals surface area contributed by atoms with Crippen molar-refractivity contribution >= 4 is 17.0 Å². The third-order valence-electron chi connectivity index (χ3n) is 4.50. The topological polar surface area (TPSA) is 136 Å². The molecule has 1 aliphatic heterocycles. The van der Waals surface area contributed by atoms with E-state index in [1.807, 2.05) is 0 Å². The van der Waals surface area contributed by atoms with Crippen molar-refractivity contribution in [2.24, 2.45) is 0 Å². The highest BCUT2D eigenvalue weighted by Crippen LogP contribution is 2.42. The quantitative estimate of drug-likeness (QED) is 0.584. The van der Waals surface area contributed by atoms with E-state index in [1.54, 1.807) is 24.6 Å². The van der Waals surface area contributed by atoms with Gasteiger partial charge in [0.2, 0.25) is 5.95 Å². The SMILES string of the molecule is CO[C@]1(C)[C@H](O)[C@@H](CO)O[C@H]1n1cc(C)c2c(=O)[nH]c(N)nc21. The zero-order valence-corrected chi connectivity index (χ0v) is 13.1. The Labute approximate surface area is 131 Å². The van der Waals surface area contributed by atoms with Crippen LogP contribution in [0.2, 0.25) is 0 Å². The van der Waals surface area contributed by atoms with Crippen molar-refractivity contribution in [3.05, 3.63) is 22.1 Å². The highest BCUT2D eigenvalue weighted by molar-refractivity contribution is 5.80. The smallest absolute Gasteiger partial charge is 0.262 e. The Hall–Kier alpha value is -1.94. The van der Waals surface area contributed by atoms with E-state index in [1.165, 1.54) is 7.11 Å². The van der Waals surface area contributed by atoms with Crippen LogP contribution in [0.4, 0.5) is 5.95 Å². The largest absolute Gasteiger partial charge is 0.394 e. The molecule has 4 atom stereocenters. The van der Waals surface area contributed by atoms with Gasteiger partial charge in [-0.15, -0.1) is 0 Å². The summed E-state index contributed by atoms with van der Waals surface area (Å²) in [7, 11) is 1.45. The van der Waals surface area contributed by atoms with Crippen LogP contribution in [-0.2, 0) is 9.47 Å². The third kappa shape index (κ3) is 2.16. The van der Waals surface area contributed by atoms with Gasteiger partial charge in [0.15, 0.2) is 11.9 Å². The Morgan fingerprint density at radius 3 is 2.91 bits per heavy atom. The number of aryl methyl sites for hydroxylation is 1. The molecule has 1 saturated heterocycles. The van der Waals surface area contributed by atoms with Crippen molar-refractivity contribution in [1.29, 1.82) is 0 Å². The monoisotopic (exact) mass is 324 g/mol. The molecular weight excluding hydrogens is 304 g/mol. The molecule has 0 amide bonds. The highest BCUT2D eigenvalue weighted by atomic mass is 16.6. The van der Waals surface area contributed by atoms with Crippen molar-refractivity contribution in [2.75, 3.05) is 19.5 Å². The first-order chi connectivity index (χ1) is 10.8. The summed E-state index contributed by atoms with van der Waals surface area (Å²) < 4.78 is 12.8. The Kier molecular flexibility index (Phi) is 3.68. The normalized spacial score (nSPS) is 31.1. The van der Waals surface area contributed by atoms with Gasteiger partial charge in [-0.05, 0) is 19.4 Å². The van der Waals surface area contributed by atoms with E-state index in [4.69, 9.17) is 15.2 Å². The first-order valence-corrected chi connectivity index (χ1v) is 7.20. The number of aliphatic hydroxyl groups is 2. The lowest BCUT2D eigenvalue weighted by Gasteiger charge is -2.31. The van der Waals surface area contributed by atoms with E-state index in [9.17, 15) is 15.0 Å². The maximum atomic E-state index is 12.1.